The van der Waals surface area contributed by atoms with Gasteiger partial charge in [0.05, 0.1) is 13.5 Å². The molecule has 0 fully saturated rings. The molecule has 8 heteroatoms. The molecular formula is C20H21ClF3NO3. The quantitative estimate of drug-likeness (QED) is 0.609. The van der Waals surface area contributed by atoms with E-state index in [-0.39, 0.29) is 23.6 Å². The smallest absolute Gasteiger partial charge is 0.408 e. The number of carbonyl (C=O) groups is 1. The predicted octanol–water partition coefficient (Wildman–Crippen LogP) is 4.80. The Labute approximate surface area is 166 Å². The van der Waals surface area contributed by atoms with Gasteiger partial charge in [0.25, 0.3) is 0 Å². The van der Waals surface area contributed by atoms with E-state index in [1.165, 1.54) is 33.3 Å². The largest absolute Gasteiger partial charge is 0.489 e. The highest BCUT2D eigenvalue weighted by Crippen LogP contribution is 2.37. The van der Waals surface area contributed by atoms with Crippen LogP contribution in [0.2, 0.25) is 5.02 Å². The monoisotopic (exact) mass is 415 g/mol. The Morgan fingerprint density at radius 3 is 2.46 bits per heavy atom. The van der Waals surface area contributed by atoms with Crippen LogP contribution >= 0.6 is 11.6 Å². The van der Waals surface area contributed by atoms with Gasteiger partial charge in [-0.3, -0.25) is 9.69 Å². The number of methoxy groups -OCH3 is 1. The van der Waals surface area contributed by atoms with E-state index < -0.39 is 18.2 Å². The molecule has 0 saturated heterocycles. The topological polar surface area (TPSA) is 38.8 Å². The van der Waals surface area contributed by atoms with Crippen LogP contribution in [0.15, 0.2) is 42.5 Å². The molecule has 28 heavy (non-hydrogen) atoms. The Balaban J connectivity index is 2.25. The van der Waals surface area contributed by atoms with Crippen LogP contribution < -0.4 is 4.74 Å². The van der Waals surface area contributed by atoms with E-state index in [0.29, 0.717) is 16.9 Å². The van der Waals surface area contributed by atoms with Gasteiger partial charge in [0, 0.05) is 10.6 Å². The molecule has 2 aromatic carbocycles. The van der Waals surface area contributed by atoms with Crippen LogP contribution in [0.25, 0.3) is 0 Å². The summed E-state index contributed by atoms with van der Waals surface area (Å²) in [5.74, 6) is 0.0366. The van der Waals surface area contributed by atoms with Gasteiger partial charge < -0.3 is 9.47 Å². The van der Waals surface area contributed by atoms with Crippen molar-refractivity contribution >= 4 is 17.6 Å². The molecule has 0 aromatic heterocycles. The van der Waals surface area contributed by atoms with Crippen LogP contribution in [-0.4, -0.2) is 38.3 Å². The summed E-state index contributed by atoms with van der Waals surface area (Å²) in [4.78, 5) is 12.6. The van der Waals surface area contributed by atoms with Gasteiger partial charge in [0.1, 0.15) is 18.4 Å². The first-order valence-corrected chi connectivity index (χ1v) is 8.79. The van der Waals surface area contributed by atoms with Crippen LogP contribution in [0.5, 0.6) is 5.75 Å². The minimum absolute atomic E-state index is 0.00372. The lowest BCUT2D eigenvalue weighted by Gasteiger charge is -2.27. The fourth-order valence-electron chi connectivity index (χ4n) is 2.88. The molecule has 0 aliphatic rings. The molecule has 0 aliphatic carbocycles. The minimum Gasteiger partial charge on any atom is -0.489 e. The Hall–Kier alpha value is -2.25. The van der Waals surface area contributed by atoms with Gasteiger partial charge in [-0.15, -0.1) is 0 Å². The summed E-state index contributed by atoms with van der Waals surface area (Å²) >= 11 is 6.05. The number of alkyl halides is 3. The fraction of sp³-hybridized carbons (Fsp3) is 0.350. The molecule has 0 spiro atoms. The lowest BCUT2D eigenvalue weighted by Crippen LogP contribution is -2.33. The normalized spacial score (nSPS) is 12.7. The van der Waals surface area contributed by atoms with Gasteiger partial charge in [0.2, 0.25) is 0 Å². The molecule has 152 valence electrons. The standard InChI is InChI=1S/C20H21ClF3NO3/c1-25(2)19(20(22,23)24)15-8-13(9-16(21)10-15)12-28-17-7-5-4-6-14(17)11-18(26)27-3/h4-10,19H,11-12H2,1-3H3. The van der Waals surface area contributed by atoms with Crippen molar-refractivity contribution in [3.63, 3.8) is 0 Å². The van der Waals surface area contributed by atoms with Gasteiger partial charge in [0.15, 0.2) is 0 Å². The number of hydrogen-bond donors (Lipinski definition) is 0. The Morgan fingerprint density at radius 2 is 1.86 bits per heavy atom. The zero-order valence-electron chi connectivity index (χ0n) is 15.7. The summed E-state index contributed by atoms with van der Waals surface area (Å²) in [6, 6.07) is 9.40. The van der Waals surface area contributed by atoms with Crippen molar-refractivity contribution in [3.05, 3.63) is 64.2 Å². The van der Waals surface area contributed by atoms with Crippen molar-refractivity contribution in [2.75, 3.05) is 21.2 Å². The van der Waals surface area contributed by atoms with Crippen molar-refractivity contribution in [1.82, 2.24) is 4.90 Å². The maximum absolute atomic E-state index is 13.4. The van der Waals surface area contributed by atoms with Gasteiger partial charge in [-0.1, -0.05) is 35.9 Å². The van der Waals surface area contributed by atoms with E-state index in [9.17, 15) is 18.0 Å². The third-order valence-corrected chi connectivity index (χ3v) is 4.27. The molecule has 0 saturated carbocycles. The molecule has 0 aliphatic heterocycles. The number of ether oxygens (including phenoxy) is 2. The van der Waals surface area contributed by atoms with Crippen LogP contribution in [0, 0.1) is 0 Å². The van der Waals surface area contributed by atoms with E-state index in [2.05, 4.69) is 4.74 Å². The average molecular weight is 416 g/mol. The maximum atomic E-state index is 13.4. The van der Waals surface area contributed by atoms with Crippen molar-refractivity contribution in [2.24, 2.45) is 0 Å². The second-order valence-electron chi connectivity index (χ2n) is 6.45. The maximum Gasteiger partial charge on any atom is 0.408 e. The summed E-state index contributed by atoms with van der Waals surface area (Å²) in [6.07, 6.45) is -4.41. The van der Waals surface area contributed by atoms with Crippen molar-refractivity contribution in [3.8, 4) is 5.75 Å². The molecule has 1 unspecified atom stereocenters. The van der Waals surface area contributed by atoms with Crippen LogP contribution in [0.4, 0.5) is 13.2 Å². The first-order valence-electron chi connectivity index (χ1n) is 8.42. The number of halogens is 4. The molecule has 0 heterocycles. The number of carbonyl (C=O) groups excluding carboxylic acids is 1. The van der Waals surface area contributed by atoms with E-state index in [1.807, 2.05) is 0 Å². The second kappa shape index (κ2) is 9.30. The molecule has 1 atom stereocenters. The molecule has 2 aromatic rings. The summed E-state index contributed by atoms with van der Waals surface area (Å²) in [7, 11) is 4.01. The summed E-state index contributed by atoms with van der Waals surface area (Å²) in [6.45, 7) is 0.00372. The molecule has 0 N–H and O–H groups in total. The van der Waals surface area contributed by atoms with Crippen LogP contribution in [0.1, 0.15) is 22.7 Å². The highest BCUT2D eigenvalue weighted by molar-refractivity contribution is 6.30. The zero-order chi connectivity index (χ0) is 20.9. The van der Waals surface area contributed by atoms with Gasteiger partial charge in [-0.05, 0) is 43.4 Å². The number of esters is 1. The molecule has 0 bridgehead atoms. The number of rotatable bonds is 7. The van der Waals surface area contributed by atoms with Crippen molar-refractivity contribution in [1.29, 1.82) is 0 Å². The van der Waals surface area contributed by atoms with E-state index in [1.54, 1.807) is 30.3 Å². The van der Waals surface area contributed by atoms with E-state index in [0.717, 1.165) is 4.90 Å². The summed E-state index contributed by atoms with van der Waals surface area (Å²) in [5.41, 5.74) is 1.15. The van der Waals surface area contributed by atoms with E-state index in [4.69, 9.17) is 16.3 Å². The Morgan fingerprint density at radius 1 is 1.18 bits per heavy atom. The third-order valence-electron chi connectivity index (χ3n) is 4.05. The predicted molar refractivity (Wildman–Crippen MR) is 100 cm³/mol. The van der Waals surface area contributed by atoms with Gasteiger partial charge in [-0.2, -0.15) is 13.2 Å². The minimum atomic E-state index is -4.45. The first kappa shape index (κ1) is 22.0. The average Bonchev–Trinajstić information content (AvgIpc) is 2.58. The Bertz CT molecular complexity index is 825. The first-order chi connectivity index (χ1) is 13.1. The number of hydrogen-bond acceptors (Lipinski definition) is 4. The zero-order valence-corrected chi connectivity index (χ0v) is 16.5. The number of nitrogens with zero attached hydrogens (tertiary/aromatic N) is 1. The fourth-order valence-corrected chi connectivity index (χ4v) is 3.14. The SMILES string of the molecule is COC(=O)Cc1ccccc1OCc1cc(Cl)cc(C(N(C)C)C(F)(F)F)c1. The molecule has 0 radical (unpaired) electrons. The molecule has 4 nitrogen and oxygen atoms in total. The molecule has 2 rings (SSSR count). The third kappa shape index (κ3) is 5.87. The Kier molecular flexibility index (Phi) is 7.32. The van der Waals surface area contributed by atoms with Crippen molar-refractivity contribution < 1.29 is 27.4 Å². The van der Waals surface area contributed by atoms with E-state index >= 15 is 0 Å². The molecule has 0 amide bonds. The highest BCUT2D eigenvalue weighted by Gasteiger charge is 2.42. The second-order valence-corrected chi connectivity index (χ2v) is 6.89. The number of benzene rings is 2. The highest BCUT2D eigenvalue weighted by atomic mass is 35.5. The van der Waals surface area contributed by atoms with Crippen LogP contribution in [-0.2, 0) is 22.6 Å². The lowest BCUT2D eigenvalue weighted by molar-refractivity contribution is -0.179. The summed E-state index contributed by atoms with van der Waals surface area (Å²) < 4.78 is 50.7. The van der Waals surface area contributed by atoms with Gasteiger partial charge >= 0.3 is 12.1 Å². The van der Waals surface area contributed by atoms with Crippen molar-refractivity contribution in [2.45, 2.75) is 25.2 Å². The summed E-state index contributed by atoms with van der Waals surface area (Å²) in [5, 5.41) is 0.190. The molecular weight excluding hydrogens is 395 g/mol. The van der Waals surface area contributed by atoms with Crippen LogP contribution in [0.3, 0.4) is 0 Å². The number of para-hydroxylation sites is 1. The lowest BCUT2D eigenvalue weighted by atomic mass is 10.0. The van der Waals surface area contributed by atoms with Gasteiger partial charge in [-0.25, -0.2) is 0 Å².